The van der Waals surface area contributed by atoms with Crippen molar-refractivity contribution in [1.82, 2.24) is 15.2 Å². The van der Waals surface area contributed by atoms with Crippen molar-refractivity contribution in [3.63, 3.8) is 0 Å². The summed E-state index contributed by atoms with van der Waals surface area (Å²) in [6, 6.07) is 10.9. The van der Waals surface area contributed by atoms with E-state index in [2.05, 4.69) is 10.3 Å². The number of carbonyl (C=O) groups excluding carboxylic acids is 2. The number of hydrogen-bond acceptors (Lipinski definition) is 7. The maximum Gasteiger partial charge on any atom is 0.512 e. The minimum absolute atomic E-state index is 0.0493. The number of aromatic nitrogens is 1. The summed E-state index contributed by atoms with van der Waals surface area (Å²) >= 11 is 7.28. The fourth-order valence-corrected chi connectivity index (χ4v) is 5.08. The Morgan fingerprint density at radius 2 is 2.14 bits per heavy atom. The number of ether oxygens (including phenoxy) is 1. The Balaban J connectivity index is 1.81. The number of para-hydroxylation sites is 1. The molecule has 2 aliphatic heterocycles. The molecule has 1 aromatic heterocycles. The molecule has 0 bridgehead atoms. The molecule has 2 unspecified atom stereocenters. The molecule has 4 rings (SSSR count). The molecule has 9 nitrogen and oxygen atoms in total. The highest BCUT2D eigenvalue weighted by Gasteiger charge is 2.67. The van der Waals surface area contributed by atoms with Gasteiger partial charge in [0, 0.05) is 11.1 Å². The molecule has 1 saturated heterocycles. The molecule has 11 heteroatoms. The van der Waals surface area contributed by atoms with Gasteiger partial charge in [-0.1, -0.05) is 35.9 Å². The van der Waals surface area contributed by atoms with E-state index in [1.54, 1.807) is 6.07 Å². The third kappa shape index (κ3) is 3.09. The molecule has 0 radical (unpaired) electrons. The summed E-state index contributed by atoms with van der Waals surface area (Å²) in [5.41, 5.74) is 6.57. The van der Waals surface area contributed by atoms with Crippen LogP contribution in [0.15, 0.2) is 47.3 Å². The van der Waals surface area contributed by atoms with Crippen molar-refractivity contribution < 1.29 is 24.2 Å². The molecule has 2 aliphatic rings. The number of carbonyl (C=O) groups is 3. The summed E-state index contributed by atoms with van der Waals surface area (Å²) in [5, 5.41) is 12.7. The van der Waals surface area contributed by atoms with Crippen LogP contribution in [0, 0.1) is 0 Å². The summed E-state index contributed by atoms with van der Waals surface area (Å²) < 4.78 is 4.76. The average molecular weight is 435 g/mol. The number of β-lactam (4-membered cyclic amide) rings is 1. The van der Waals surface area contributed by atoms with Crippen molar-refractivity contribution >= 4 is 52.2 Å². The zero-order chi connectivity index (χ0) is 20.8. The zero-order valence-corrected chi connectivity index (χ0v) is 16.4. The number of hydrogen-bond donors (Lipinski definition) is 3. The molecule has 2 amide bonds. The Labute approximate surface area is 173 Å². The van der Waals surface area contributed by atoms with Crippen molar-refractivity contribution in [3.8, 4) is 0 Å². The summed E-state index contributed by atoms with van der Waals surface area (Å²) in [6.07, 6.45) is -1.62. The predicted octanol–water partition coefficient (Wildman–Crippen LogP) is 1.74. The standard InChI is InChI=1S/C18H15ClN4O5S/c19-10-8-29-18(22-13(24)7-20)14(15(25)23(18)16(10)28-17(26)27)12-6-5-9-3-1-2-4-11(9)21-12/h1-6,14H,7-8,20H2,(H,22,24)(H,26,27). The van der Waals surface area contributed by atoms with Gasteiger partial charge in [0.25, 0.3) is 0 Å². The molecule has 1 fully saturated rings. The average Bonchev–Trinajstić information content (AvgIpc) is 2.70. The maximum absolute atomic E-state index is 13.1. The van der Waals surface area contributed by atoms with Crippen LogP contribution in [0.5, 0.6) is 0 Å². The summed E-state index contributed by atoms with van der Waals surface area (Å²) in [4.78, 5) is 40.6. The van der Waals surface area contributed by atoms with E-state index in [1.165, 1.54) is 11.8 Å². The van der Waals surface area contributed by atoms with Gasteiger partial charge < -0.3 is 20.9 Å². The largest absolute Gasteiger partial charge is 0.512 e. The summed E-state index contributed by atoms with van der Waals surface area (Å²) in [7, 11) is 0. The third-order valence-corrected chi connectivity index (χ3v) is 6.50. The van der Waals surface area contributed by atoms with Crippen LogP contribution in [0.2, 0.25) is 0 Å². The van der Waals surface area contributed by atoms with Crippen LogP contribution in [0.1, 0.15) is 11.6 Å². The first kappa shape index (κ1) is 19.5. The molecule has 0 aliphatic carbocycles. The van der Waals surface area contributed by atoms with Crippen molar-refractivity contribution in [3.05, 3.63) is 53.0 Å². The van der Waals surface area contributed by atoms with Gasteiger partial charge in [0.05, 0.1) is 22.8 Å². The summed E-state index contributed by atoms with van der Waals surface area (Å²) in [5.74, 6) is -2.08. The smallest absolute Gasteiger partial charge is 0.449 e. The summed E-state index contributed by atoms with van der Waals surface area (Å²) in [6.45, 7) is -0.311. The van der Waals surface area contributed by atoms with Crippen molar-refractivity contribution in [1.29, 1.82) is 0 Å². The monoisotopic (exact) mass is 434 g/mol. The SMILES string of the molecule is NCC(=O)NC12SCC(Cl)=C(OC(=O)O)N1C(=O)C2c1ccc2ccccc2n1. The maximum atomic E-state index is 13.1. The van der Waals surface area contributed by atoms with E-state index in [0.29, 0.717) is 11.2 Å². The lowest BCUT2D eigenvalue weighted by Gasteiger charge is -2.57. The van der Waals surface area contributed by atoms with E-state index in [-0.39, 0.29) is 23.2 Å². The fourth-order valence-electron chi connectivity index (χ4n) is 3.45. The van der Waals surface area contributed by atoms with E-state index < -0.39 is 28.9 Å². The van der Waals surface area contributed by atoms with E-state index in [0.717, 1.165) is 10.3 Å². The number of pyridine rings is 1. The van der Waals surface area contributed by atoms with Crippen LogP contribution in [-0.4, -0.2) is 50.3 Å². The Morgan fingerprint density at radius 3 is 2.86 bits per heavy atom. The molecule has 0 spiro atoms. The quantitative estimate of drug-likeness (QED) is 0.489. The van der Waals surface area contributed by atoms with Crippen LogP contribution in [-0.2, 0) is 14.3 Å². The van der Waals surface area contributed by atoms with Crippen molar-refractivity contribution in [2.24, 2.45) is 5.73 Å². The minimum atomic E-state index is -1.62. The lowest BCUT2D eigenvalue weighted by atomic mass is 9.88. The number of benzene rings is 1. The number of rotatable bonds is 4. The molecule has 2 atom stereocenters. The number of nitrogens with one attached hydrogen (secondary N) is 1. The Morgan fingerprint density at radius 1 is 1.38 bits per heavy atom. The zero-order valence-electron chi connectivity index (χ0n) is 14.8. The van der Waals surface area contributed by atoms with Gasteiger partial charge in [0.1, 0.15) is 5.92 Å². The second-order valence-corrected chi connectivity index (χ2v) is 8.01. The number of fused-ring (bicyclic) bond motifs is 2. The van der Waals surface area contributed by atoms with E-state index in [4.69, 9.17) is 27.2 Å². The lowest BCUT2D eigenvalue weighted by Crippen LogP contribution is -2.76. The number of nitrogens with two attached hydrogens (primary N) is 1. The number of nitrogens with zero attached hydrogens (tertiary/aromatic N) is 2. The van der Waals surface area contributed by atoms with Gasteiger partial charge in [0.15, 0.2) is 4.99 Å². The van der Waals surface area contributed by atoms with E-state index in [9.17, 15) is 14.4 Å². The van der Waals surface area contributed by atoms with Gasteiger partial charge in [0.2, 0.25) is 17.7 Å². The second-order valence-electron chi connectivity index (χ2n) is 6.35. The van der Waals surface area contributed by atoms with Gasteiger partial charge >= 0.3 is 6.16 Å². The molecule has 0 saturated carbocycles. The van der Waals surface area contributed by atoms with Gasteiger partial charge in [-0.3, -0.25) is 14.6 Å². The van der Waals surface area contributed by atoms with Crippen LogP contribution >= 0.6 is 23.4 Å². The van der Waals surface area contributed by atoms with Crippen LogP contribution in [0.4, 0.5) is 4.79 Å². The van der Waals surface area contributed by atoms with E-state index in [1.807, 2.05) is 30.3 Å². The normalized spacial score (nSPS) is 23.4. The first-order valence-electron chi connectivity index (χ1n) is 8.51. The molecule has 3 heterocycles. The second kappa shape index (κ2) is 7.21. The Kier molecular flexibility index (Phi) is 4.85. The molecular formula is C18H15ClN4O5S. The van der Waals surface area contributed by atoms with Crippen LogP contribution in [0.3, 0.4) is 0 Å². The number of thioether (sulfide) groups is 1. The van der Waals surface area contributed by atoms with Gasteiger partial charge in [-0.05, 0) is 12.1 Å². The van der Waals surface area contributed by atoms with Crippen molar-refractivity contribution in [2.45, 2.75) is 10.9 Å². The lowest BCUT2D eigenvalue weighted by molar-refractivity contribution is -0.157. The fraction of sp³-hybridized carbons (Fsp3) is 0.222. The highest BCUT2D eigenvalue weighted by Crippen LogP contribution is 2.55. The molecule has 150 valence electrons. The first-order valence-corrected chi connectivity index (χ1v) is 9.88. The third-order valence-electron chi connectivity index (χ3n) is 4.65. The predicted molar refractivity (Wildman–Crippen MR) is 106 cm³/mol. The number of amides is 2. The van der Waals surface area contributed by atoms with Gasteiger partial charge in [-0.15, -0.1) is 11.8 Å². The molecular weight excluding hydrogens is 420 g/mol. The van der Waals surface area contributed by atoms with E-state index >= 15 is 0 Å². The number of carboxylic acid groups (broad SMARTS) is 1. The topological polar surface area (TPSA) is 135 Å². The van der Waals surface area contributed by atoms with Crippen LogP contribution < -0.4 is 11.1 Å². The number of halogens is 1. The van der Waals surface area contributed by atoms with Gasteiger partial charge in [-0.2, -0.15) is 0 Å². The van der Waals surface area contributed by atoms with Gasteiger partial charge in [-0.25, -0.2) is 9.69 Å². The Bertz CT molecular complexity index is 1080. The Hall–Kier alpha value is -2.82. The molecule has 2 aromatic rings. The molecule has 1 aromatic carbocycles. The highest BCUT2D eigenvalue weighted by molar-refractivity contribution is 8.01. The molecule has 4 N–H and O–H groups in total. The van der Waals surface area contributed by atoms with Crippen LogP contribution in [0.25, 0.3) is 10.9 Å². The van der Waals surface area contributed by atoms with Crippen molar-refractivity contribution in [2.75, 3.05) is 12.3 Å². The minimum Gasteiger partial charge on any atom is -0.449 e. The highest BCUT2D eigenvalue weighted by atomic mass is 35.5. The first-order chi connectivity index (χ1) is 13.9. The molecule has 29 heavy (non-hydrogen) atoms.